The Hall–Kier alpha value is -2.57. The molecule has 0 radical (unpaired) electrons. The number of cyclic esters (lactones) is 1. The summed E-state index contributed by atoms with van der Waals surface area (Å²) in [5, 5.41) is 10.8. The number of epoxide rings is 2. The molecule has 0 amide bonds. The molecule has 1 saturated carbocycles. The molecule has 4 bridgehead atoms. The number of hydrogen-bond acceptors (Lipinski definition) is 11. The van der Waals surface area contributed by atoms with Crippen molar-refractivity contribution in [3.8, 4) is 0 Å². The summed E-state index contributed by atoms with van der Waals surface area (Å²) in [6, 6.07) is 0. The van der Waals surface area contributed by atoms with Crippen molar-refractivity contribution in [2.45, 2.75) is 93.0 Å². The first kappa shape index (κ1) is 25.2. The zero-order valence-corrected chi connectivity index (χ0v) is 22.3. The number of carbonyl (C=O) groups excluding carboxylic acids is 3. The SMILES string of the molecule is CC1=C[C@H]2OC3C[C@H]4OC(=O)C=CC=C[C@]56OCC[C@@]7(OC7C(=O)OC[C@@]2(CC1)[C@]4(C)C31CO1)[C@H]5OC(=O)C6O. The molecular formula is C29H32O11. The van der Waals surface area contributed by atoms with Gasteiger partial charge < -0.3 is 38.3 Å². The van der Waals surface area contributed by atoms with E-state index in [0.717, 1.165) is 6.42 Å². The van der Waals surface area contributed by atoms with Crippen LogP contribution < -0.4 is 0 Å². The van der Waals surface area contributed by atoms with E-state index in [1.54, 1.807) is 0 Å². The zero-order chi connectivity index (χ0) is 27.7. The highest BCUT2D eigenvalue weighted by atomic mass is 16.7. The van der Waals surface area contributed by atoms with Gasteiger partial charge in [0.1, 0.15) is 23.9 Å². The monoisotopic (exact) mass is 556 g/mol. The van der Waals surface area contributed by atoms with E-state index in [1.807, 2.05) is 0 Å². The molecule has 11 atom stereocenters. The maximum atomic E-state index is 13.6. The Morgan fingerprint density at radius 2 is 1.82 bits per heavy atom. The molecule has 6 heterocycles. The molecule has 0 aromatic carbocycles. The van der Waals surface area contributed by atoms with Crippen LogP contribution >= 0.6 is 0 Å². The van der Waals surface area contributed by atoms with Crippen LogP contribution in [0.1, 0.15) is 39.5 Å². The van der Waals surface area contributed by atoms with Crippen LogP contribution in [0.2, 0.25) is 0 Å². The number of rotatable bonds is 0. The second kappa shape index (κ2) is 7.83. The summed E-state index contributed by atoms with van der Waals surface area (Å²) in [6.07, 6.45) is 5.27. The summed E-state index contributed by atoms with van der Waals surface area (Å²) in [5.41, 5.74) is -3.57. The largest absolute Gasteiger partial charge is 0.463 e. The van der Waals surface area contributed by atoms with Gasteiger partial charge in [-0.15, -0.1) is 0 Å². The number of allylic oxidation sites excluding steroid dienone is 3. The Kier molecular flexibility index (Phi) is 4.92. The van der Waals surface area contributed by atoms with Crippen LogP contribution in [-0.2, 0) is 47.5 Å². The van der Waals surface area contributed by atoms with Gasteiger partial charge in [0.05, 0.1) is 30.8 Å². The van der Waals surface area contributed by atoms with Crippen LogP contribution in [0.25, 0.3) is 0 Å². The number of carbonyl (C=O) groups is 3. The average Bonchev–Trinajstić information content (AvgIpc) is 3.83. The molecule has 40 heavy (non-hydrogen) atoms. The molecule has 8 aliphatic rings. The van der Waals surface area contributed by atoms with E-state index in [2.05, 4.69) is 19.9 Å². The van der Waals surface area contributed by atoms with Gasteiger partial charge in [-0.05, 0) is 25.8 Å². The smallest absolute Gasteiger partial charge is 0.339 e. The minimum Gasteiger partial charge on any atom is -0.463 e. The summed E-state index contributed by atoms with van der Waals surface area (Å²) in [4.78, 5) is 39.2. The molecular weight excluding hydrogens is 524 g/mol. The highest BCUT2D eigenvalue weighted by Crippen LogP contribution is 2.72. The van der Waals surface area contributed by atoms with Crippen molar-refractivity contribution in [2.24, 2.45) is 10.8 Å². The van der Waals surface area contributed by atoms with E-state index >= 15 is 0 Å². The average molecular weight is 557 g/mol. The number of ether oxygens (including phenoxy) is 7. The Bertz CT molecular complexity index is 1300. The van der Waals surface area contributed by atoms with E-state index in [1.165, 1.54) is 29.9 Å². The highest BCUT2D eigenvalue weighted by Gasteiger charge is 2.83. The fraction of sp³-hybridized carbons (Fsp3) is 0.690. The Morgan fingerprint density at radius 1 is 1.00 bits per heavy atom. The lowest BCUT2D eigenvalue weighted by Crippen LogP contribution is -2.67. The Balaban J connectivity index is 1.22. The number of aliphatic hydroxyl groups is 1. The lowest BCUT2D eigenvalue weighted by Gasteiger charge is -2.58. The van der Waals surface area contributed by atoms with Crippen LogP contribution in [0.15, 0.2) is 36.0 Å². The van der Waals surface area contributed by atoms with Gasteiger partial charge in [-0.25, -0.2) is 14.4 Å². The maximum absolute atomic E-state index is 13.6. The minimum atomic E-state index is -1.62. The van der Waals surface area contributed by atoms with Crippen molar-refractivity contribution in [3.63, 3.8) is 0 Å². The zero-order valence-electron chi connectivity index (χ0n) is 22.3. The quantitative estimate of drug-likeness (QED) is 0.196. The molecule has 5 saturated heterocycles. The van der Waals surface area contributed by atoms with E-state index in [-0.39, 0.29) is 31.8 Å². The summed E-state index contributed by atoms with van der Waals surface area (Å²) < 4.78 is 42.4. The van der Waals surface area contributed by atoms with E-state index in [0.29, 0.717) is 19.4 Å². The molecule has 2 aliphatic carbocycles. The van der Waals surface area contributed by atoms with Crippen molar-refractivity contribution >= 4 is 17.9 Å². The Labute approximate surface area is 230 Å². The van der Waals surface area contributed by atoms with Gasteiger partial charge in [0, 0.05) is 24.3 Å². The van der Waals surface area contributed by atoms with Gasteiger partial charge in [0.25, 0.3) is 0 Å². The lowest BCUT2D eigenvalue weighted by atomic mass is 9.51. The van der Waals surface area contributed by atoms with Crippen molar-refractivity contribution < 1.29 is 52.6 Å². The number of esters is 3. The van der Waals surface area contributed by atoms with Crippen molar-refractivity contribution in [3.05, 3.63) is 36.0 Å². The predicted octanol–water partition coefficient (Wildman–Crippen LogP) is 0.823. The molecule has 6 aliphatic heterocycles. The van der Waals surface area contributed by atoms with Crippen LogP contribution in [0.5, 0.6) is 0 Å². The fourth-order valence-corrected chi connectivity index (χ4v) is 8.73. The first-order chi connectivity index (χ1) is 19.1. The lowest BCUT2D eigenvalue weighted by molar-refractivity contribution is -0.233. The molecule has 3 spiro atoms. The number of aliphatic hydroxyl groups excluding tert-OH is 1. The summed E-state index contributed by atoms with van der Waals surface area (Å²) in [7, 11) is 0. The summed E-state index contributed by atoms with van der Waals surface area (Å²) in [5.74, 6) is -1.99. The first-order valence-electron chi connectivity index (χ1n) is 14.0. The number of hydrogen-bond donors (Lipinski definition) is 1. The van der Waals surface area contributed by atoms with Crippen molar-refractivity contribution in [1.82, 2.24) is 0 Å². The molecule has 11 heteroatoms. The molecule has 11 nitrogen and oxygen atoms in total. The second-order valence-electron chi connectivity index (χ2n) is 12.7. The van der Waals surface area contributed by atoms with Gasteiger partial charge >= 0.3 is 17.9 Å². The topological polar surface area (TPSA) is 143 Å². The van der Waals surface area contributed by atoms with E-state index in [9.17, 15) is 19.5 Å². The molecule has 0 aromatic heterocycles. The molecule has 0 aromatic rings. The van der Waals surface area contributed by atoms with Crippen LogP contribution in [0.4, 0.5) is 0 Å². The molecule has 6 fully saturated rings. The second-order valence-corrected chi connectivity index (χ2v) is 12.7. The Morgan fingerprint density at radius 3 is 2.62 bits per heavy atom. The van der Waals surface area contributed by atoms with Gasteiger partial charge in [-0.3, -0.25) is 0 Å². The minimum absolute atomic E-state index is 0.0169. The molecule has 8 rings (SSSR count). The molecule has 1 N–H and O–H groups in total. The van der Waals surface area contributed by atoms with Crippen LogP contribution in [0, 0.1) is 10.8 Å². The van der Waals surface area contributed by atoms with Gasteiger partial charge in [-0.1, -0.05) is 30.7 Å². The van der Waals surface area contributed by atoms with E-state index < -0.39 is 70.0 Å². The van der Waals surface area contributed by atoms with Gasteiger partial charge in [-0.2, -0.15) is 0 Å². The van der Waals surface area contributed by atoms with Crippen LogP contribution in [0.3, 0.4) is 0 Å². The third-order valence-corrected chi connectivity index (χ3v) is 11.2. The maximum Gasteiger partial charge on any atom is 0.339 e. The van der Waals surface area contributed by atoms with Crippen LogP contribution in [-0.4, -0.2) is 96.3 Å². The molecule has 214 valence electrons. The molecule has 4 unspecified atom stereocenters. The fourth-order valence-electron chi connectivity index (χ4n) is 8.73. The standard InChI is InChI=1S/C29H32O11/c1-15-6-8-26-13-34-23(33)21-28(40-21)9-10-35-27(20(31)22(32)39-24(27)28)7-4-3-5-19(30)38-16-12-18(37-17(26)11-15)29(14-36-29)25(16,26)2/h3-5,7,11,16-18,20-21,24,31H,6,8-10,12-14H2,1-2H3/t16-,17-,18?,20?,21?,24+,25-,26-,27-,28+,29?/m1/s1. The highest BCUT2D eigenvalue weighted by molar-refractivity contribution is 5.84. The van der Waals surface area contributed by atoms with E-state index in [4.69, 9.17) is 33.2 Å². The summed E-state index contributed by atoms with van der Waals surface area (Å²) in [6.45, 7) is 4.77. The van der Waals surface area contributed by atoms with Crippen molar-refractivity contribution in [1.29, 1.82) is 0 Å². The first-order valence-corrected chi connectivity index (χ1v) is 14.0. The van der Waals surface area contributed by atoms with Gasteiger partial charge in [0.15, 0.2) is 23.9 Å². The third kappa shape index (κ3) is 2.85. The van der Waals surface area contributed by atoms with Crippen molar-refractivity contribution in [2.75, 3.05) is 19.8 Å². The normalized spacial score (nSPS) is 54.0. The summed E-state index contributed by atoms with van der Waals surface area (Å²) >= 11 is 0. The third-order valence-electron chi connectivity index (χ3n) is 11.2. The predicted molar refractivity (Wildman–Crippen MR) is 131 cm³/mol. The van der Waals surface area contributed by atoms with Gasteiger partial charge in [0.2, 0.25) is 0 Å².